The smallest absolute Gasteiger partial charge is 0.200 e. The predicted molar refractivity (Wildman–Crippen MR) is 65.4 cm³/mol. The number of ketones is 2. The topological polar surface area (TPSA) is 72.8 Å². The van der Waals surface area contributed by atoms with Crippen LogP contribution in [0.25, 0.3) is 0 Å². The van der Waals surface area contributed by atoms with Crippen LogP contribution in [0.3, 0.4) is 0 Å². The van der Waals surface area contributed by atoms with Crippen LogP contribution in [0.4, 0.5) is 0 Å². The third kappa shape index (κ3) is 1.80. The van der Waals surface area contributed by atoms with Crippen LogP contribution in [0.1, 0.15) is 39.5 Å². The molecule has 0 aromatic carbocycles. The van der Waals surface area contributed by atoms with Crippen molar-refractivity contribution in [2.75, 3.05) is 6.61 Å². The van der Waals surface area contributed by atoms with Gasteiger partial charge in [-0.05, 0) is 26.7 Å². The SMILES string of the molecule is C[C@H]1CCC[C@@]2(CC3=C(CO2)C(=O)[C@](C)(O)C3=O)O1. The van der Waals surface area contributed by atoms with E-state index in [9.17, 15) is 14.7 Å². The number of rotatable bonds is 0. The summed E-state index contributed by atoms with van der Waals surface area (Å²) in [6.45, 7) is 3.29. The molecule has 3 atom stereocenters. The zero-order valence-electron chi connectivity index (χ0n) is 11.2. The molecule has 1 spiro atoms. The molecule has 3 rings (SSSR count). The van der Waals surface area contributed by atoms with Crippen molar-refractivity contribution in [3.63, 3.8) is 0 Å². The molecular weight excluding hydrogens is 248 g/mol. The minimum Gasteiger partial charge on any atom is -0.374 e. The summed E-state index contributed by atoms with van der Waals surface area (Å²) in [6, 6.07) is 0. The number of carbonyl (C=O) groups excluding carboxylic acids is 2. The Balaban J connectivity index is 1.91. The highest BCUT2D eigenvalue weighted by Crippen LogP contribution is 2.43. The highest BCUT2D eigenvalue weighted by Gasteiger charge is 2.54. The first kappa shape index (κ1) is 13.0. The highest BCUT2D eigenvalue weighted by molar-refractivity contribution is 6.30. The van der Waals surface area contributed by atoms with Crippen molar-refractivity contribution in [1.82, 2.24) is 0 Å². The van der Waals surface area contributed by atoms with Crippen LogP contribution in [-0.2, 0) is 19.1 Å². The molecule has 0 saturated carbocycles. The lowest BCUT2D eigenvalue weighted by molar-refractivity contribution is -0.275. The van der Waals surface area contributed by atoms with E-state index in [-0.39, 0.29) is 19.1 Å². The van der Waals surface area contributed by atoms with E-state index in [1.165, 1.54) is 6.92 Å². The molecule has 5 heteroatoms. The van der Waals surface area contributed by atoms with Gasteiger partial charge in [-0.1, -0.05) is 0 Å². The molecule has 0 unspecified atom stereocenters. The van der Waals surface area contributed by atoms with E-state index < -0.39 is 23.0 Å². The van der Waals surface area contributed by atoms with Gasteiger partial charge < -0.3 is 14.6 Å². The molecule has 104 valence electrons. The number of aliphatic hydroxyl groups is 1. The zero-order valence-corrected chi connectivity index (χ0v) is 11.2. The van der Waals surface area contributed by atoms with E-state index in [2.05, 4.69) is 0 Å². The first-order valence-electron chi connectivity index (χ1n) is 6.71. The molecule has 1 N–H and O–H groups in total. The lowest BCUT2D eigenvalue weighted by Gasteiger charge is -2.42. The fourth-order valence-electron chi connectivity index (χ4n) is 3.21. The largest absolute Gasteiger partial charge is 0.374 e. The second-order valence-corrected chi connectivity index (χ2v) is 5.88. The Morgan fingerprint density at radius 3 is 2.63 bits per heavy atom. The molecule has 0 aromatic rings. The van der Waals surface area contributed by atoms with Gasteiger partial charge in [0.2, 0.25) is 5.78 Å². The summed E-state index contributed by atoms with van der Waals surface area (Å²) in [6.07, 6.45) is 3.03. The van der Waals surface area contributed by atoms with Gasteiger partial charge in [0.15, 0.2) is 17.2 Å². The second-order valence-electron chi connectivity index (χ2n) is 5.88. The normalized spacial score (nSPS) is 43.0. The summed E-state index contributed by atoms with van der Waals surface area (Å²) >= 11 is 0. The summed E-state index contributed by atoms with van der Waals surface area (Å²) in [5.41, 5.74) is -1.20. The van der Waals surface area contributed by atoms with Crippen LogP contribution in [0, 0.1) is 0 Å². The molecule has 2 heterocycles. The number of carbonyl (C=O) groups is 2. The Morgan fingerprint density at radius 1 is 1.26 bits per heavy atom. The minimum absolute atomic E-state index is 0.0583. The Bertz CT molecular complexity index is 490. The summed E-state index contributed by atoms with van der Waals surface area (Å²) in [5.74, 6) is -1.80. The fraction of sp³-hybridized carbons (Fsp3) is 0.714. The minimum atomic E-state index is -1.92. The molecule has 19 heavy (non-hydrogen) atoms. The van der Waals surface area contributed by atoms with Crippen LogP contribution >= 0.6 is 0 Å². The van der Waals surface area contributed by atoms with Crippen LogP contribution in [0.5, 0.6) is 0 Å². The molecule has 0 radical (unpaired) electrons. The van der Waals surface area contributed by atoms with Crippen molar-refractivity contribution in [2.24, 2.45) is 0 Å². The van der Waals surface area contributed by atoms with E-state index in [1.807, 2.05) is 6.92 Å². The maximum absolute atomic E-state index is 12.1. The van der Waals surface area contributed by atoms with Gasteiger partial charge in [0.25, 0.3) is 0 Å². The summed E-state index contributed by atoms with van der Waals surface area (Å²) in [7, 11) is 0. The van der Waals surface area contributed by atoms with Gasteiger partial charge in [-0.15, -0.1) is 0 Å². The predicted octanol–water partition coefficient (Wildman–Crippen LogP) is 0.891. The standard InChI is InChI=1S/C14H18O5/c1-8-4-3-5-14(19-8)6-9-10(7-18-14)12(16)13(2,17)11(9)15/h8,17H,3-7H2,1-2H3/t8-,13+,14-/m0/s1. The van der Waals surface area contributed by atoms with E-state index in [1.54, 1.807) is 0 Å². The van der Waals surface area contributed by atoms with Gasteiger partial charge in [0.1, 0.15) is 0 Å². The molecule has 0 amide bonds. The average molecular weight is 266 g/mol. The van der Waals surface area contributed by atoms with Gasteiger partial charge in [-0.25, -0.2) is 0 Å². The van der Waals surface area contributed by atoms with Crippen LogP contribution < -0.4 is 0 Å². The number of Topliss-reactive ketones (excluding diaryl/α,β-unsaturated/α-hetero) is 2. The van der Waals surface area contributed by atoms with E-state index in [0.717, 1.165) is 19.3 Å². The van der Waals surface area contributed by atoms with Gasteiger partial charge in [-0.2, -0.15) is 0 Å². The van der Waals surface area contributed by atoms with Crippen molar-refractivity contribution in [3.05, 3.63) is 11.1 Å². The van der Waals surface area contributed by atoms with Crippen LogP contribution in [0.2, 0.25) is 0 Å². The molecule has 0 aromatic heterocycles. The number of hydrogen-bond acceptors (Lipinski definition) is 5. The Morgan fingerprint density at radius 2 is 1.95 bits per heavy atom. The Labute approximate surface area is 111 Å². The summed E-state index contributed by atoms with van der Waals surface area (Å²) < 4.78 is 11.6. The molecule has 1 aliphatic carbocycles. The molecule has 3 aliphatic rings. The van der Waals surface area contributed by atoms with Crippen molar-refractivity contribution in [1.29, 1.82) is 0 Å². The van der Waals surface area contributed by atoms with Crippen LogP contribution in [-0.4, -0.2) is 40.8 Å². The van der Waals surface area contributed by atoms with Crippen molar-refractivity contribution >= 4 is 11.6 Å². The molecular formula is C14H18O5. The van der Waals surface area contributed by atoms with E-state index in [0.29, 0.717) is 11.1 Å². The molecule has 1 fully saturated rings. The monoisotopic (exact) mass is 266 g/mol. The van der Waals surface area contributed by atoms with E-state index >= 15 is 0 Å². The van der Waals surface area contributed by atoms with Gasteiger partial charge in [0.05, 0.1) is 12.7 Å². The fourth-order valence-corrected chi connectivity index (χ4v) is 3.21. The summed E-state index contributed by atoms with van der Waals surface area (Å²) in [4.78, 5) is 24.1. The first-order chi connectivity index (χ1) is 8.86. The average Bonchev–Trinajstić information content (AvgIpc) is 2.51. The number of hydrogen-bond donors (Lipinski definition) is 1. The molecule has 0 bridgehead atoms. The van der Waals surface area contributed by atoms with E-state index in [4.69, 9.17) is 9.47 Å². The van der Waals surface area contributed by atoms with Gasteiger partial charge in [0, 0.05) is 24.0 Å². The van der Waals surface area contributed by atoms with Gasteiger partial charge >= 0.3 is 0 Å². The third-order valence-corrected chi connectivity index (χ3v) is 4.31. The van der Waals surface area contributed by atoms with Crippen molar-refractivity contribution < 1.29 is 24.2 Å². The Kier molecular flexibility index (Phi) is 2.71. The first-order valence-corrected chi connectivity index (χ1v) is 6.71. The second kappa shape index (κ2) is 3.98. The maximum atomic E-state index is 12.1. The summed E-state index contributed by atoms with van der Waals surface area (Å²) in [5, 5.41) is 9.96. The Hall–Kier alpha value is -1.04. The quantitative estimate of drug-likeness (QED) is 0.659. The zero-order chi connectivity index (χ0) is 13.8. The molecule has 2 aliphatic heterocycles. The van der Waals surface area contributed by atoms with Crippen molar-refractivity contribution in [2.45, 2.75) is 57.0 Å². The molecule has 5 nitrogen and oxygen atoms in total. The third-order valence-electron chi connectivity index (χ3n) is 4.31. The van der Waals surface area contributed by atoms with Gasteiger partial charge in [-0.3, -0.25) is 9.59 Å². The molecule has 1 saturated heterocycles. The lowest BCUT2D eigenvalue weighted by Crippen LogP contribution is -2.45. The number of ether oxygens (including phenoxy) is 2. The highest BCUT2D eigenvalue weighted by atomic mass is 16.7. The lowest BCUT2D eigenvalue weighted by atomic mass is 9.91. The van der Waals surface area contributed by atoms with Crippen molar-refractivity contribution in [3.8, 4) is 0 Å². The maximum Gasteiger partial charge on any atom is 0.200 e. The van der Waals surface area contributed by atoms with Crippen LogP contribution in [0.15, 0.2) is 11.1 Å².